The van der Waals surface area contributed by atoms with Crippen molar-refractivity contribution >= 4 is 11.9 Å². The highest BCUT2D eigenvalue weighted by molar-refractivity contribution is 5.80. The maximum atomic E-state index is 12.8. The molecule has 0 radical (unpaired) electrons. The summed E-state index contributed by atoms with van der Waals surface area (Å²) in [5.41, 5.74) is 1.72. The molecule has 1 heterocycles. The van der Waals surface area contributed by atoms with Gasteiger partial charge in [0.25, 0.3) is 5.91 Å². The van der Waals surface area contributed by atoms with Gasteiger partial charge in [0.05, 0.1) is 26.7 Å². The fourth-order valence-corrected chi connectivity index (χ4v) is 3.46. The predicted molar refractivity (Wildman–Crippen MR) is 102 cm³/mol. The lowest BCUT2D eigenvalue weighted by Gasteiger charge is -2.37. The van der Waals surface area contributed by atoms with Gasteiger partial charge >= 0.3 is 5.97 Å². The van der Waals surface area contributed by atoms with Crippen molar-refractivity contribution in [3.05, 3.63) is 53.6 Å². The lowest BCUT2D eigenvalue weighted by molar-refractivity contribution is -0.142. The molecule has 1 aliphatic heterocycles. The number of amides is 1. The number of hydrogen-bond acceptors (Lipinski definition) is 5. The van der Waals surface area contributed by atoms with E-state index in [1.807, 2.05) is 24.3 Å². The van der Waals surface area contributed by atoms with Crippen LogP contribution in [0.3, 0.4) is 0 Å². The Morgan fingerprint density at radius 2 is 1.79 bits per heavy atom. The van der Waals surface area contributed by atoms with E-state index in [4.69, 9.17) is 14.2 Å². The smallest absolute Gasteiger partial charge is 0.305 e. The van der Waals surface area contributed by atoms with Crippen molar-refractivity contribution in [2.75, 3.05) is 27.4 Å². The fourth-order valence-electron chi connectivity index (χ4n) is 3.46. The van der Waals surface area contributed by atoms with E-state index in [1.54, 1.807) is 30.2 Å². The highest BCUT2D eigenvalue weighted by Crippen LogP contribution is 2.39. The van der Waals surface area contributed by atoms with Crippen molar-refractivity contribution in [3.8, 4) is 17.2 Å². The van der Waals surface area contributed by atoms with Crippen LogP contribution in [0.5, 0.6) is 17.2 Å². The van der Waals surface area contributed by atoms with Gasteiger partial charge in [0.15, 0.2) is 18.1 Å². The SMILES string of the molecule is COc1cc2c(cc1OC)C(CC(=O)O)N(C(=O)COc1ccccc1)CC2. The number of aliphatic carboxylic acids is 1. The van der Waals surface area contributed by atoms with Gasteiger partial charge in [-0.15, -0.1) is 0 Å². The molecular weight excluding hydrogens is 362 g/mol. The Labute approximate surface area is 163 Å². The number of carbonyl (C=O) groups excluding carboxylic acids is 1. The number of fused-ring (bicyclic) bond motifs is 1. The van der Waals surface area contributed by atoms with E-state index in [9.17, 15) is 14.7 Å². The van der Waals surface area contributed by atoms with Crippen LogP contribution >= 0.6 is 0 Å². The van der Waals surface area contributed by atoms with Gasteiger partial charge in [-0.05, 0) is 41.8 Å². The van der Waals surface area contributed by atoms with Crippen LogP contribution in [-0.2, 0) is 16.0 Å². The fraction of sp³-hybridized carbons (Fsp3) is 0.333. The van der Waals surface area contributed by atoms with Gasteiger partial charge in [0, 0.05) is 6.54 Å². The third kappa shape index (κ3) is 4.19. The number of carboxylic acids is 1. The summed E-state index contributed by atoms with van der Waals surface area (Å²) in [6.07, 6.45) is 0.405. The van der Waals surface area contributed by atoms with Gasteiger partial charge in [-0.25, -0.2) is 0 Å². The Balaban J connectivity index is 1.85. The molecule has 0 saturated heterocycles. The van der Waals surface area contributed by atoms with Crippen LogP contribution in [0.1, 0.15) is 23.6 Å². The minimum absolute atomic E-state index is 0.150. The summed E-state index contributed by atoms with van der Waals surface area (Å²) in [5, 5.41) is 9.40. The molecule has 7 heteroatoms. The van der Waals surface area contributed by atoms with Gasteiger partial charge in [0.1, 0.15) is 5.75 Å². The van der Waals surface area contributed by atoms with Crippen LogP contribution in [0, 0.1) is 0 Å². The van der Waals surface area contributed by atoms with E-state index in [0.717, 1.165) is 11.1 Å². The zero-order chi connectivity index (χ0) is 20.1. The first-order valence-corrected chi connectivity index (χ1v) is 8.97. The van der Waals surface area contributed by atoms with Crippen LogP contribution in [0.4, 0.5) is 0 Å². The van der Waals surface area contributed by atoms with E-state index in [1.165, 1.54) is 7.11 Å². The monoisotopic (exact) mass is 385 g/mol. The number of hydrogen-bond donors (Lipinski definition) is 1. The Morgan fingerprint density at radius 3 is 2.43 bits per heavy atom. The third-order valence-electron chi connectivity index (χ3n) is 4.80. The molecule has 1 amide bonds. The number of carbonyl (C=O) groups is 2. The number of ether oxygens (including phenoxy) is 3. The molecule has 0 saturated carbocycles. The summed E-state index contributed by atoms with van der Waals surface area (Å²) in [6, 6.07) is 12.1. The largest absolute Gasteiger partial charge is 0.493 e. The van der Waals surface area contributed by atoms with Crippen LogP contribution in [0.25, 0.3) is 0 Å². The Bertz CT molecular complexity index is 851. The summed E-state index contributed by atoms with van der Waals surface area (Å²) in [7, 11) is 3.08. The Kier molecular flexibility index (Phi) is 6.03. The first kappa shape index (κ1) is 19.5. The normalized spacial score (nSPS) is 15.5. The summed E-state index contributed by atoms with van der Waals surface area (Å²) in [5.74, 6) is 0.452. The molecule has 2 aromatic carbocycles. The average Bonchev–Trinajstić information content (AvgIpc) is 2.71. The molecule has 0 aliphatic carbocycles. The van der Waals surface area contributed by atoms with E-state index in [0.29, 0.717) is 30.2 Å². The Morgan fingerprint density at radius 1 is 1.11 bits per heavy atom. The quantitative estimate of drug-likeness (QED) is 0.789. The lowest BCUT2D eigenvalue weighted by atomic mass is 9.90. The molecule has 28 heavy (non-hydrogen) atoms. The zero-order valence-electron chi connectivity index (χ0n) is 15.9. The van der Waals surface area contributed by atoms with Gasteiger partial charge in [-0.2, -0.15) is 0 Å². The van der Waals surface area contributed by atoms with Crippen LogP contribution in [-0.4, -0.2) is 49.3 Å². The summed E-state index contributed by atoms with van der Waals surface area (Å²) in [6.45, 7) is 0.264. The Hall–Kier alpha value is -3.22. The summed E-state index contributed by atoms with van der Waals surface area (Å²) < 4.78 is 16.3. The number of nitrogens with zero attached hydrogens (tertiary/aromatic N) is 1. The zero-order valence-corrected chi connectivity index (χ0v) is 15.9. The molecular formula is C21H23NO6. The lowest BCUT2D eigenvalue weighted by Crippen LogP contribution is -2.43. The second-order valence-corrected chi connectivity index (χ2v) is 6.46. The van der Waals surface area contributed by atoms with Crippen LogP contribution in [0.15, 0.2) is 42.5 Å². The molecule has 7 nitrogen and oxygen atoms in total. The minimum atomic E-state index is -0.977. The topological polar surface area (TPSA) is 85.3 Å². The highest BCUT2D eigenvalue weighted by atomic mass is 16.5. The number of para-hydroxylation sites is 1. The average molecular weight is 385 g/mol. The maximum absolute atomic E-state index is 12.8. The molecule has 148 valence electrons. The highest BCUT2D eigenvalue weighted by Gasteiger charge is 2.33. The molecule has 0 aromatic heterocycles. The van der Waals surface area contributed by atoms with E-state index in [2.05, 4.69) is 0 Å². The number of benzene rings is 2. The van der Waals surface area contributed by atoms with Gasteiger partial charge in [0.2, 0.25) is 0 Å². The second kappa shape index (κ2) is 8.65. The molecule has 0 bridgehead atoms. The number of carboxylic acid groups (broad SMARTS) is 1. The summed E-state index contributed by atoms with van der Waals surface area (Å²) in [4.78, 5) is 25.9. The third-order valence-corrected chi connectivity index (χ3v) is 4.80. The molecule has 0 fully saturated rings. The standard InChI is InChI=1S/C21H23NO6/c1-26-18-10-14-8-9-22(20(23)13-28-15-6-4-3-5-7-15)17(12-21(24)25)16(14)11-19(18)27-2/h3-7,10-11,17H,8-9,12-13H2,1-2H3,(H,24,25). The molecule has 3 rings (SSSR count). The number of rotatable bonds is 7. The van der Waals surface area contributed by atoms with E-state index >= 15 is 0 Å². The molecule has 1 unspecified atom stereocenters. The molecule has 1 aliphatic rings. The molecule has 1 atom stereocenters. The molecule has 1 N–H and O–H groups in total. The second-order valence-electron chi connectivity index (χ2n) is 6.46. The van der Waals surface area contributed by atoms with Crippen molar-refractivity contribution < 1.29 is 28.9 Å². The summed E-state index contributed by atoms with van der Waals surface area (Å²) >= 11 is 0. The predicted octanol–water partition coefficient (Wildman–Crippen LogP) is 2.68. The van der Waals surface area contributed by atoms with Gasteiger partial charge in [-0.1, -0.05) is 18.2 Å². The van der Waals surface area contributed by atoms with Gasteiger partial charge < -0.3 is 24.2 Å². The van der Waals surface area contributed by atoms with E-state index < -0.39 is 12.0 Å². The number of methoxy groups -OCH3 is 2. The first-order valence-electron chi connectivity index (χ1n) is 8.97. The van der Waals surface area contributed by atoms with Crippen molar-refractivity contribution in [3.63, 3.8) is 0 Å². The van der Waals surface area contributed by atoms with Crippen molar-refractivity contribution in [1.82, 2.24) is 4.90 Å². The van der Waals surface area contributed by atoms with Gasteiger partial charge in [-0.3, -0.25) is 9.59 Å². The van der Waals surface area contributed by atoms with Crippen LogP contribution in [0.2, 0.25) is 0 Å². The van der Waals surface area contributed by atoms with Crippen molar-refractivity contribution in [2.24, 2.45) is 0 Å². The molecule has 2 aromatic rings. The first-order chi connectivity index (χ1) is 13.5. The minimum Gasteiger partial charge on any atom is -0.493 e. The molecule has 0 spiro atoms. The van der Waals surface area contributed by atoms with E-state index in [-0.39, 0.29) is 18.9 Å². The van der Waals surface area contributed by atoms with Crippen molar-refractivity contribution in [2.45, 2.75) is 18.9 Å². The maximum Gasteiger partial charge on any atom is 0.305 e. The van der Waals surface area contributed by atoms with Crippen molar-refractivity contribution in [1.29, 1.82) is 0 Å². The van der Waals surface area contributed by atoms with Crippen LogP contribution < -0.4 is 14.2 Å².